The molecule has 788 valence electrons. The van der Waals surface area contributed by atoms with Crippen LogP contribution in [0, 0.1) is 0 Å². The zero-order chi connectivity index (χ0) is 103. The molecule has 0 spiro atoms. The zero-order valence-electron chi connectivity index (χ0n) is 97.0. The molecule has 12 heterocycles. The summed E-state index contributed by atoms with van der Waals surface area (Å²) < 4.78 is 21.9. The number of piperidine rings is 9. The Hall–Kier alpha value is -5.13. The highest BCUT2D eigenvalue weighted by molar-refractivity contribution is 5.47. The fourth-order valence-electron chi connectivity index (χ4n) is 28.6. The normalized spacial score (nSPS) is 27.2. The molecule has 0 aromatic carbocycles. The van der Waals surface area contributed by atoms with Gasteiger partial charge < -0.3 is 44.4 Å². The maximum atomic E-state index is 7.49. The smallest absolute Gasteiger partial charge is 0.323 e. The van der Waals surface area contributed by atoms with Crippen LogP contribution in [0.3, 0.4) is 0 Å². The first-order valence-electron chi connectivity index (χ1n) is 54.4. The summed E-state index contributed by atoms with van der Waals surface area (Å²) in [6.07, 6.45) is 24.3. The van der Waals surface area contributed by atoms with E-state index >= 15 is 0 Å². The number of nitrogens with zero attached hydrogens (tertiary/aromatic N) is 22. The van der Waals surface area contributed by atoms with E-state index in [1.54, 1.807) is 0 Å². The van der Waals surface area contributed by atoms with Crippen LogP contribution in [0.15, 0.2) is 0 Å². The summed E-state index contributed by atoms with van der Waals surface area (Å²) in [5.41, 5.74) is -1.61. The summed E-state index contributed by atoms with van der Waals surface area (Å²) in [4.78, 5) is 84.0. The molecular weight excluding hydrogens is 1720 g/mol. The maximum Gasteiger partial charge on any atom is 0.323 e. The molecule has 2 N–H and O–H groups in total. The molecule has 0 saturated carbocycles. The summed E-state index contributed by atoms with van der Waals surface area (Å²) in [7, 11) is 20.7. The number of anilines is 6. The zero-order valence-corrected chi connectivity index (χ0v) is 97.0. The van der Waals surface area contributed by atoms with Crippen molar-refractivity contribution < 1.29 is 14.2 Å². The molecule has 0 unspecified atom stereocenters. The van der Waals surface area contributed by atoms with Crippen LogP contribution in [0.5, 0.6) is 18.0 Å². The molecule has 9 saturated heterocycles. The molecule has 0 aliphatic carbocycles. The molecule has 138 heavy (non-hydrogen) atoms. The predicted octanol–water partition coefficient (Wildman–Crippen LogP) is 20.8. The molecule has 27 nitrogen and oxygen atoms in total. The van der Waals surface area contributed by atoms with Crippen molar-refractivity contribution in [2.24, 2.45) is 0 Å². The van der Waals surface area contributed by atoms with Crippen LogP contribution in [0.4, 0.5) is 35.7 Å². The minimum Gasteiger partial charge on any atom is -0.460 e. The first-order chi connectivity index (χ1) is 62.9. The Morgan fingerprint density at radius 1 is 0.210 bits per heavy atom. The standard InChI is InChI=1S/C111H206N24O3/c1-94(2)58-76(59-95(3,4)123(94)37)133(77-60-96(5,6)124(38)97(7,8)61-77)88-114-85(116-91(120-88)136-82-70-106(25,26)129(43)107(27,28)71-82)112-54-50-46-48-52-56-132(87-118-90(122-93(119-87)138-84-74-110(33,34)131(45)111(35,36)75-84)135(80-66-102(17,18)127(41)103(19,20)67-80)81-68-104(21,22)128(42)105(23,24)69-81)57-53-49-47-51-55-113-86-115-89(121-92(117-86)137-83-72-108(29,30)130(44)109(31,32)73-83)134(78-62-98(9,10)125(39)99(11,12)63-78)79-64-100(13,14)126(40)101(15,16)65-79/h76-84H,46-75H2,1-45H3,(H,112,114,116,120)(H,113,115,117,121). The van der Waals surface area contributed by atoms with E-state index in [1.165, 1.54) is 0 Å². The van der Waals surface area contributed by atoms with Gasteiger partial charge in [-0.25, -0.2) is 0 Å². The Labute approximate surface area is 842 Å². The Balaban J connectivity index is 0.867. The van der Waals surface area contributed by atoms with Crippen LogP contribution < -0.4 is 44.4 Å². The minimum absolute atomic E-state index is 0.0719. The van der Waals surface area contributed by atoms with Gasteiger partial charge in [0, 0.05) is 201 Å². The molecule has 3 aromatic rings. The summed E-state index contributed by atoms with van der Waals surface area (Å²) in [5.74, 6) is 4.08. The molecule has 9 aliphatic heterocycles. The second kappa shape index (κ2) is 39.3. The van der Waals surface area contributed by atoms with E-state index in [9.17, 15) is 0 Å². The minimum atomic E-state index is -0.125. The SMILES string of the molecule is CN1C(C)(C)CC(Oc2nc(NCCCCCCN(CCCCCCNc3nc(OC4CC(C)(C)N(C)C(C)(C)C4)nc(N(C4CC(C)(C)N(C)C(C)(C)C4)C4CC(C)(C)N(C)C(C)(C)C4)n3)c3nc(OC4CC(C)(C)N(C)C(C)(C)C4)nc(N(C4CC(C)(C)N(C)C(C)(C)C4)C4CC(C)(C)N(C)C(C)(C)C4)n3)nc(N(C3CC(C)(C)N(C)C(C)(C)C3)C3CC(C)(C)N(C)C(C)(C)C3)n2)CC1(C)C. The van der Waals surface area contributed by atoms with E-state index in [0.29, 0.717) is 49.0 Å². The molecule has 9 fully saturated rings. The van der Waals surface area contributed by atoms with Gasteiger partial charge in [0.1, 0.15) is 18.3 Å². The third-order valence-corrected chi connectivity index (χ3v) is 38.8. The average Bonchev–Trinajstić information content (AvgIpc) is 0.740. The fourth-order valence-corrected chi connectivity index (χ4v) is 28.6. The van der Waals surface area contributed by atoms with E-state index in [0.717, 1.165) is 198 Å². The predicted molar refractivity (Wildman–Crippen MR) is 575 cm³/mol. The van der Waals surface area contributed by atoms with E-state index in [4.69, 9.17) is 59.1 Å². The number of hydrogen-bond donors (Lipinski definition) is 2. The summed E-state index contributed by atoms with van der Waals surface area (Å²) >= 11 is 0. The van der Waals surface area contributed by atoms with E-state index in [1.807, 2.05) is 0 Å². The number of likely N-dealkylation sites (tertiary alicyclic amines) is 9. The van der Waals surface area contributed by atoms with Gasteiger partial charge in [-0.2, -0.15) is 44.9 Å². The second-order valence-electron chi connectivity index (χ2n) is 57.1. The van der Waals surface area contributed by atoms with Crippen LogP contribution in [0.1, 0.15) is 416 Å². The number of nitrogens with one attached hydrogen (secondary N) is 2. The van der Waals surface area contributed by atoms with Gasteiger partial charge >= 0.3 is 18.0 Å². The van der Waals surface area contributed by atoms with Crippen LogP contribution in [-0.4, -0.2) is 333 Å². The lowest BCUT2D eigenvalue weighted by molar-refractivity contribution is -0.0583. The summed E-state index contributed by atoms with van der Waals surface area (Å²) in [6.45, 7) is 89.5. The van der Waals surface area contributed by atoms with Gasteiger partial charge in [0.05, 0.1) is 0 Å². The number of unbranched alkanes of at least 4 members (excludes halogenated alkanes) is 6. The first-order valence-corrected chi connectivity index (χ1v) is 54.4. The topological polar surface area (TPSA) is 210 Å². The van der Waals surface area contributed by atoms with Crippen LogP contribution in [0.2, 0.25) is 0 Å². The van der Waals surface area contributed by atoms with Gasteiger partial charge in [0.2, 0.25) is 35.7 Å². The molecular formula is C111H206N24O3. The third-order valence-electron chi connectivity index (χ3n) is 38.8. The Bertz CT molecular complexity index is 4120. The van der Waals surface area contributed by atoms with Gasteiger partial charge in [0.15, 0.2) is 0 Å². The number of aromatic nitrogens is 9. The van der Waals surface area contributed by atoms with Crippen molar-refractivity contribution in [1.29, 1.82) is 0 Å². The second-order valence-corrected chi connectivity index (χ2v) is 57.1. The lowest BCUT2D eigenvalue weighted by Crippen LogP contribution is -2.67. The van der Waals surface area contributed by atoms with E-state index < -0.39 is 0 Å². The Kier molecular flexibility index (Phi) is 31.8. The van der Waals surface area contributed by atoms with Crippen molar-refractivity contribution in [3.05, 3.63) is 0 Å². The molecule has 3 aromatic heterocycles. The van der Waals surface area contributed by atoms with Crippen molar-refractivity contribution in [1.82, 2.24) is 89.0 Å². The van der Waals surface area contributed by atoms with Crippen molar-refractivity contribution in [3.8, 4) is 18.0 Å². The van der Waals surface area contributed by atoms with Crippen LogP contribution in [-0.2, 0) is 0 Å². The monoisotopic (exact) mass is 1920 g/mol. The van der Waals surface area contributed by atoms with Crippen molar-refractivity contribution in [3.63, 3.8) is 0 Å². The van der Waals surface area contributed by atoms with Crippen molar-refractivity contribution in [2.75, 3.05) is 120 Å². The van der Waals surface area contributed by atoms with Gasteiger partial charge in [-0.15, -0.1) is 0 Å². The fraction of sp³-hybridized carbons (Fsp3) is 0.919. The third kappa shape index (κ3) is 24.4. The van der Waals surface area contributed by atoms with Crippen LogP contribution in [0.25, 0.3) is 0 Å². The van der Waals surface area contributed by atoms with Gasteiger partial charge in [-0.1, -0.05) is 25.7 Å². The highest BCUT2D eigenvalue weighted by atomic mass is 16.5. The first kappa shape index (κ1) is 112. The quantitative estimate of drug-likeness (QED) is 0.0557. The number of rotatable bonds is 32. The van der Waals surface area contributed by atoms with Crippen LogP contribution >= 0.6 is 0 Å². The Morgan fingerprint density at radius 2 is 0.377 bits per heavy atom. The molecule has 0 amide bonds. The summed E-state index contributed by atoms with van der Waals surface area (Å²) in [5, 5.41) is 7.71. The lowest BCUT2D eigenvalue weighted by atomic mass is 9.73. The number of hydrogen-bond acceptors (Lipinski definition) is 27. The molecule has 27 heteroatoms. The molecule has 0 atom stereocenters. The van der Waals surface area contributed by atoms with Gasteiger partial charge in [-0.05, 0) is 415 Å². The molecule has 12 rings (SSSR count). The van der Waals surface area contributed by atoms with E-state index in [-0.39, 0.29) is 154 Å². The highest BCUT2D eigenvalue weighted by Crippen LogP contribution is 2.53. The van der Waals surface area contributed by atoms with Gasteiger partial charge in [-0.3, -0.25) is 44.1 Å². The molecule has 9 aliphatic rings. The largest absolute Gasteiger partial charge is 0.460 e. The molecule has 0 radical (unpaired) electrons. The highest BCUT2D eigenvalue weighted by Gasteiger charge is 2.58. The molecule has 0 bridgehead atoms. The van der Waals surface area contributed by atoms with Crippen molar-refractivity contribution >= 4 is 35.7 Å². The van der Waals surface area contributed by atoms with Crippen molar-refractivity contribution in [2.45, 2.75) is 570 Å². The average molecular weight is 1930 g/mol. The van der Waals surface area contributed by atoms with E-state index in [2.05, 4.69) is 387 Å². The Morgan fingerprint density at radius 3 is 0.580 bits per heavy atom. The lowest BCUT2D eigenvalue weighted by Gasteiger charge is -2.60. The summed E-state index contributed by atoms with van der Waals surface area (Å²) in [6, 6.07) is 2.25. The number of ether oxygens (including phenoxy) is 3. The van der Waals surface area contributed by atoms with Gasteiger partial charge in [0.25, 0.3) is 0 Å². The maximum absolute atomic E-state index is 7.49.